The van der Waals surface area contributed by atoms with Crippen LogP contribution in [0.25, 0.3) is 22.1 Å². The van der Waals surface area contributed by atoms with E-state index in [1.807, 2.05) is 42.5 Å². The van der Waals surface area contributed by atoms with Gasteiger partial charge in [0.2, 0.25) is 5.55 Å². The van der Waals surface area contributed by atoms with Crippen molar-refractivity contribution in [2.45, 2.75) is 6.54 Å². The van der Waals surface area contributed by atoms with Gasteiger partial charge in [0.25, 0.3) is 0 Å². The molecule has 2 nitrogen and oxygen atoms in total. The van der Waals surface area contributed by atoms with Crippen molar-refractivity contribution >= 4 is 33.4 Å². The normalized spacial score (nSPS) is 11.8. The Morgan fingerprint density at radius 3 is 2.04 bits per heavy atom. The van der Waals surface area contributed by atoms with Gasteiger partial charge in [-0.3, -0.25) is 0 Å². The maximum absolute atomic E-state index is 6.26. The maximum atomic E-state index is 6.26. The van der Waals surface area contributed by atoms with Crippen LogP contribution in [0.2, 0.25) is 0 Å². The lowest BCUT2D eigenvalue weighted by molar-refractivity contribution is 0.509. The highest BCUT2D eigenvalue weighted by Crippen LogP contribution is 2.29. The molecular weight excluding hydrogens is 421 g/mol. The SMILES string of the molecule is Ic1c(-c2ccccc2)oc(=NCc2ccccc2)c2ccccc12. The summed E-state index contributed by atoms with van der Waals surface area (Å²) in [6.45, 7) is 0.600. The van der Waals surface area contributed by atoms with E-state index in [9.17, 15) is 0 Å². The van der Waals surface area contributed by atoms with E-state index in [1.165, 1.54) is 10.9 Å². The lowest BCUT2D eigenvalue weighted by Gasteiger charge is -2.08. The van der Waals surface area contributed by atoms with Gasteiger partial charge >= 0.3 is 0 Å². The molecule has 0 aliphatic heterocycles. The molecule has 1 aromatic heterocycles. The van der Waals surface area contributed by atoms with Crippen molar-refractivity contribution in [1.82, 2.24) is 0 Å². The molecule has 1 heterocycles. The fraction of sp³-hybridized carbons (Fsp3) is 0.0455. The van der Waals surface area contributed by atoms with Gasteiger partial charge in [-0.25, -0.2) is 4.99 Å². The topological polar surface area (TPSA) is 25.5 Å². The smallest absolute Gasteiger partial charge is 0.223 e. The Morgan fingerprint density at radius 2 is 1.32 bits per heavy atom. The van der Waals surface area contributed by atoms with Crippen LogP contribution in [0.15, 0.2) is 94.3 Å². The molecule has 0 spiro atoms. The third-order valence-corrected chi connectivity index (χ3v) is 5.15. The minimum Gasteiger partial charge on any atom is -0.437 e. The highest BCUT2D eigenvalue weighted by atomic mass is 127. The predicted octanol–water partition coefficient (Wildman–Crippen LogP) is 5.81. The van der Waals surface area contributed by atoms with Crippen LogP contribution in [0.3, 0.4) is 0 Å². The van der Waals surface area contributed by atoms with Crippen LogP contribution in [0, 0.1) is 3.57 Å². The molecule has 0 radical (unpaired) electrons. The van der Waals surface area contributed by atoms with E-state index in [1.54, 1.807) is 0 Å². The zero-order valence-electron chi connectivity index (χ0n) is 13.5. The average Bonchev–Trinajstić information content (AvgIpc) is 2.69. The minimum absolute atomic E-state index is 0.600. The van der Waals surface area contributed by atoms with E-state index in [2.05, 4.69) is 65.1 Å². The van der Waals surface area contributed by atoms with E-state index in [0.717, 1.165) is 20.3 Å². The molecule has 0 bridgehead atoms. The second kappa shape index (κ2) is 7.23. The number of halogens is 1. The van der Waals surface area contributed by atoms with Gasteiger partial charge in [-0.2, -0.15) is 0 Å². The molecule has 4 aromatic rings. The number of benzene rings is 3. The van der Waals surface area contributed by atoms with Crippen LogP contribution < -0.4 is 5.55 Å². The third kappa shape index (κ3) is 3.37. The molecule has 3 aromatic carbocycles. The molecule has 3 heteroatoms. The fourth-order valence-corrected chi connectivity index (χ4v) is 3.71. The molecule has 0 fully saturated rings. The molecule has 0 aliphatic rings. The molecule has 0 atom stereocenters. The summed E-state index contributed by atoms with van der Waals surface area (Å²) in [5, 5.41) is 2.21. The molecule has 122 valence electrons. The molecule has 0 aliphatic carbocycles. The lowest BCUT2D eigenvalue weighted by Crippen LogP contribution is -2.06. The molecule has 25 heavy (non-hydrogen) atoms. The van der Waals surface area contributed by atoms with E-state index >= 15 is 0 Å². The monoisotopic (exact) mass is 437 g/mol. The molecule has 0 amide bonds. The first-order valence-electron chi connectivity index (χ1n) is 8.14. The molecule has 4 rings (SSSR count). The maximum Gasteiger partial charge on any atom is 0.223 e. The predicted molar refractivity (Wildman–Crippen MR) is 110 cm³/mol. The molecule has 0 saturated heterocycles. The number of nitrogens with zero attached hydrogens (tertiary/aromatic N) is 1. The first kappa shape index (κ1) is 16.1. The van der Waals surface area contributed by atoms with Crippen LogP contribution >= 0.6 is 22.6 Å². The Labute approximate surface area is 160 Å². The van der Waals surface area contributed by atoms with Gasteiger partial charge in [0.05, 0.1) is 10.1 Å². The zero-order valence-corrected chi connectivity index (χ0v) is 15.7. The van der Waals surface area contributed by atoms with E-state index in [4.69, 9.17) is 9.41 Å². The van der Waals surface area contributed by atoms with Crippen molar-refractivity contribution in [3.8, 4) is 11.3 Å². The summed E-state index contributed by atoms with van der Waals surface area (Å²) < 4.78 is 7.36. The van der Waals surface area contributed by atoms with E-state index in [0.29, 0.717) is 12.1 Å². The minimum atomic E-state index is 0.600. The molecule has 0 unspecified atom stereocenters. The second-order valence-electron chi connectivity index (χ2n) is 5.76. The van der Waals surface area contributed by atoms with Crippen molar-refractivity contribution < 1.29 is 4.42 Å². The van der Waals surface area contributed by atoms with Gasteiger partial charge < -0.3 is 4.42 Å². The van der Waals surface area contributed by atoms with Crippen LogP contribution in [0.1, 0.15) is 5.56 Å². The summed E-state index contributed by atoms with van der Waals surface area (Å²) in [6, 6.07) is 28.7. The van der Waals surface area contributed by atoms with E-state index in [-0.39, 0.29) is 0 Å². The Balaban J connectivity index is 1.92. The van der Waals surface area contributed by atoms with Gasteiger partial charge in [0, 0.05) is 16.3 Å². The fourth-order valence-electron chi connectivity index (χ4n) is 2.82. The Morgan fingerprint density at radius 1 is 0.720 bits per heavy atom. The van der Waals surface area contributed by atoms with Crippen molar-refractivity contribution in [2.75, 3.05) is 0 Å². The molecule has 0 N–H and O–H groups in total. The highest BCUT2D eigenvalue weighted by Gasteiger charge is 2.12. The van der Waals surface area contributed by atoms with Crippen LogP contribution in [-0.4, -0.2) is 0 Å². The van der Waals surface area contributed by atoms with Crippen LogP contribution in [0.5, 0.6) is 0 Å². The van der Waals surface area contributed by atoms with Crippen molar-refractivity contribution in [1.29, 1.82) is 0 Å². The van der Waals surface area contributed by atoms with Gasteiger partial charge in [-0.15, -0.1) is 0 Å². The molecular formula is C22H16INO. The average molecular weight is 437 g/mol. The van der Waals surface area contributed by atoms with Crippen LogP contribution in [-0.2, 0) is 6.54 Å². The van der Waals surface area contributed by atoms with Crippen LogP contribution in [0.4, 0.5) is 0 Å². The van der Waals surface area contributed by atoms with Gasteiger partial charge in [-0.1, -0.05) is 78.9 Å². The highest BCUT2D eigenvalue weighted by molar-refractivity contribution is 14.1. The summed E-state index contributed by atoms with van der Waals surface area (Å²) in [4.78, 5) is 4.76. The summed E-state index contributed by atoms with van der Waals surface area (Å²) in [6.07, 6.45) is 0. The van der Waals surface area contributed by atoms with Gasteiger partial charge in [0.1, 0.15) is 0 Å². The first-order chi connectivity index (χ1) is 12.3. The Kier molecular flexibility index (Phi) is 4.65. The Bertz CT molecular complexity index is 1070. The summed E-state index contributed by atoms with van der Waals surface area (Å²) in [5.41, 5.74) is 2.91. The summed E-state index contributed by atoms with van der Waals surface area (Å²) in [5.74, 6) is 0.867. The summed E-state index contributed by atoms with van der Waals surface area (Å²) >= 11 is 2.36. The number of rotatable bonds is 3. The Hall–Kier alpha value is -2.40. The molecule has 0 saturated carbocycles. The number of hydrogen-bond donors (Lipinski definition) is 0. The van der Waals surface area contributed by atoms with Crippen molar-refractivity contribution in [3.05, 3.63) is 99.6 Å². The second-order valence-corrected chi connectivity index (χ2v) is 6.84. The standard InChI is InChI=1S/C22H16INO/c23-20-18-13-7-8-14-19(18)22(24-15-16-9-3-1-4-10-16)25-21(20)17-11-5-2-6-12-17/h1-14H,15H2. The summed E-state index contributed by atoms with van der Waals surface area (Å²) in [7, 11) is 0. The first-order valence-corrected chi connectivity index (χ1v) is 9.22. The quantitative estimate of drug-likeness (QED) is 0.372. The van der Waals surface area contributed by atoms with Crippen molar-refractivity contribution in [2.24, 2.45) is 4.99 Å². The zero-order chi connectivity index (χ0) is 17.1. The largest absolute Gasteiger partial charge is 0.437 e. The van der Waals surface area contributed by atoms with Crippen molar-refractivity contribution in [3.63, 3.8) is 0 Å². The van der Waals surface area contributed by atoms with Gasteiger partial charge in [-0.05, 0) is 34.2 Å². The van der Waals surface area contributed by atoms with Gasteiger partial charge in [0.15, 0.2) is 5.76 Å². The third-order valence-electron chi connectivity index (χ3n) is 4.08. The number of fused-ring (bicyclic) bond motifs is 1. The number of hydrogen-bond acceptors (Lipinski definition) is 2. The lowest BCUT2D eigenvalue weighted by atomic mass is 10.1. The van der Waals surface area contributed by atoms with E-state index < -0.39 is 0 Å².